The second-order valence-electron chi connectivity index (χ2n) is 7.23. The molecule has 2 saturated carbocycles. The topological polar surface area (TPSA) is 12.0 Å². The van der Waals surface area contributed by atoms with Crippen LogP contribution in [0.15, 0.2) is 0 Å². The first-order valence-electron chi connectivity index (χ1n) is 9.08. The van der Waals surface area contributed by atoms with Crippen molar-refractivity contribution in [2.24, 2.45) is 5.41 Å². The van der Waals surface area contributed by atoms with Crippen LogP contribution in [0.25, 0.3) is 0 Å². The fourth-order valence-electron chi connectivity index (χ4n) is 3.75. The predicted molar refractivity (Wildman–Crippen MR) is 84.5 cm³/mol. The van der Waals surface area contributed by atoms with E-state index in [0.29, 0.717) is 5.41 Å². The molecular formula is C18H35N. The zero-order valence-electron chi connectivity index (χ0n) is 13.2. The Kier molecular flexibility index (Phi) is 6.70. The van der Waals surface area contributed by atoms with Crippen molar-refractivity contribution in [3.8, 4) is 0 Å². The Morgan fingerprint density at radius 1 is 0.895 bits per heavy atom. The van der Waals surface area contributed by atoms with Gasteiger partial charge in [0.05, 0.1) is 0 Å². The van der Waals surface area contributed by atoms with Gasteiger partial charge in [0.1, 0.15) is 0 Å². The monoisotopic (exact) mass is 265 g/mol. The molecule has 0 unspecified atom stereocenters. The van der Waals surface area contributed by atoms with E-state index in [9.17, 15) is 0 Å². The van der Waals surface area contributed by atoms with Crippen molar-refractivity contribution in [2.45, 2.75) is 103 Å². The highest BCUT2D eigenvalue weighted by molar-refractivity contribution is 4.90. The Hall–Kier alpha value is -0.0400. The summed E-state index contributed by atoms with van der Waals surface area (Å²) in [7, 11) is 0. The van der Waals surface area contributed by atoms with E-state index in [-0.39, 0.29) is 0 Å². The molecule has 0 atom stereocenters. The standard InChI is InChI=1S/C18H35N/c1-2-3-4-5-6-7-8-13-18(14-9-10-15-18)16-19-17-11-12-17/h17,19H,2-16H2,1H3. The SMILES string of the molecule is CCCCCCCCCC1(CNC2CC2)CCCC1. The minimum absolute atomic E-state index is 0.700. The number of hydrogen-bond acceptors (Lipinski definition) is 1. The van der Waals surface area contributed by atoms with Gasteiger partial charge in [-0.15, -0.1) is 0 Å². The molecule has 2 fully saturated rings. The number of nitrogens with one attached hydrogen (secondary N) is 1. The van der Waals surface area contributed by atoms with Crippen molar-refractivity contribution < 1.29 is 0 Å². The average Bonchev–Trinajstić information content (AvgIpc) is 3.15. The first-order valence-corrected chi connectivity index (χ1v) is 9.08. The van der Waals surface area contributed by atoms with Crippen molar-refractivity contribution in [1.82, 2.24) is 5.32 Å². The Morgan fingerprint density at radius 3 is 2.16 bits per heavy atom. The fraction of sp³-hybridized carbons (Fsp3) is 1.00. The summed E-state index contributed by atoms with van der Waals surface area (Å²) in [6, 6.07) is 0.895. The summed E-state index contributed by atoms with van der Waals surface area (Å²) in [6.45, 7) is 3.63. The summed E-state index contributed by atoms with van der Waals surface area (Å²) in [5.74, 6) is 0. The lowest BCUT2D eigenvalue weighted by atomic mass is 9.80. The van der Waals surface area contributed by atoms with E-state index < -0.39 is 0 Å². The van der Waals surface area contributed by atoms with Crippen LogP contribution < -0.4 is 5.32 Å². The average molecular weight is 265 g/mol. The van der Waals surface area contributed by atoms with Crippen LogP contribution >= 0.6 is 0 Å². The highest BCUT2D eigenvalue weighted by Gasteiger charge is 2.34. The van der Waals surface area contributed by atoms with Crippen LogP contribution in [0.3, 0.4) is 0 Å². The molecule has 0 aromatic heterocycles. The van der Waals surface area contributed by atoms with E-state index in [4.69, 9.17) is 0 Å². The van der Waals surface area contributed by atoms with Crippen molar-refractivity contribution in [3.05, 3.63) is 0 Å². The first kappa shape index (κ1) is 15.4. The Bertz CT molecular complexity index is 226. The zero-order chi connectivity index (χ0) is 13.4. The normalized spacial score (nSPS) is 21.9. The fourth-order valence-corrected chi connectivity index (χ4v) is 3.75. The lowest BCUT2D eigenvalue weighted by molar-refractivity contribution is 0.246. The molecule has 0 bridgehead atoms. The molecule has 0 aliphatic heterocycles. The van der Waals surface area contributed by atoms with Gasteiger partial charge in [-0.3, -0.25) is 0 Å². The molecule has 0 heterocycles. The largest absolute Gasteiger partial charge is 0.313 e. The molecule has 0 amide bonds. The third-order valence-corrected chi connectivity index (χ3v) is 5.32. The quantitative estimate of drug-likeness (QED) is 0.490. The van der Waals surface area contributed by atoms with Crippen molar-refractivity contribution in [2.75, 3.05) is 6.54 Å². The molecule has 2 aliphatic carbocycles. The van der Waals surface area contributed by atoms with Gasteiger partial charge in [-0.2, -0.15) is 0 Å². The number of rotatable bonds is 11. The second kappa shape index (κ2) is 8.29. The summed E-state index contributed by atoms with van der Waals surface area (Å²) in [5.41, 5.74) is 0.700. The summed E-state index contributed by atoms with van der Waals surface area (Å²) >= 11 is 0. The van der Waals surface area contributed by atoms with Crippen molar-refractivity contribution in [3.63, 3.8) is 0 Å². The van der Waals surface area contributed by atoms with Crippen molar-refractivity contribution >= 4 is 0 Å². The van der Waals surface area contributed by atoms with Crippen LogP contribution in [0.1, 0.15) is 96.8 Å². The van der Waals surface area contributed by atoms with E-state index >= 15 is 0 Å². The van der Waals surface area contributed by atoms with Gasteiger partial charge in [-0.05, 0) is 37.5 Å². The first-order chi connectivity index (χ1) is 9.35. The van der Waals surface area contributed by atoms with Crippen LogP contribution in [0.2, 0.25) is 0 Å². The van der Waals surface area contributed by atoms with Crippen LogP contribution in [0.4, 0.5) is 0 Å². The van der Waals surface area contributed by atoms with Gasteiger partial charge in [0, 0.05) is 12.6 Å². The third-order valence-electron chi connectivity index (χ3n) is 5.32. The molecule has 1 heteroatoms. The highest BCUT2D eigenvalue weighted by atomic mass is 15.0. The van der Waals surface area contributed by atoms with Gasteiger partial charge in [0.25, 0.3) is 0 Å². The second-order valence-corrected chi connectivity index (χ2v) is 7.23. The van der Waals surface area contributed by atoms with Gasteiger partial charge >= 0.3 is 0 Å². The Labute approximate surface area is 120 Å². The molecule has 0 aromatic carbocycles. The molecule has 1 N–H and O–H groups in total. The molecule has 0 radical (unpaired) electrons. The maximum atomic E-state index is 3.81. The predicted octanol–water partition coefficient (Wildman–Crippen LogP) is 5.44. The Balaban J connectivity index is 1.54. The molecule has 1 nitrogen and oxygen atoms in total. The molecule has 0 saturated heterocycles. The van der Waals surface area contributed by atoms with Gasteiger partial charge in [0.15, 0.2) is 0 Å². The minimum Gasteiger partial charge on any atom is -0.313 e. The summed E-state index contributed by atoms with van der Waals surface area (Å²) in [6.07, 6.45) is 20.6. The maximum absolute atomic E-state index is 3.81. The van der Waals surface area contributed by atoms with Crippen LogP contribution in [-0.4, -0.2) is 12.6 Å². The van der Waals surface area contributed by atoms with E-state index in [0.717, 1.165) is 6.04 Å². The van der Waals surface area contributed by atoms with Crippen molar-refractivity contribution in [1.29, 1.82) is 0 Å². The van der Waals surface area contributed by atoms with E-state index in [1.807, 2.05) is 0 Å². The number of hydrogen-bond donors (Lipinski definition) is 1. The smallest absolute Gasteiger partial charge is 0.00684 e. The summed E-state index contributed by atoms with van der Waals surface area (Å²) in [4.78, 5) is 0. The minimum atomic E-state index is 0.700. The summed E-state index contributed by atoms with van der Waals surface area (Å²) < 4.78 is 0. The molecule has 19 heavy (non-hydrogen) atoms. The van der Waals surface area contributed by atoms with Gasteiger partial charge in [-0.25, -0.2) is 0 Å². The zero-order valence-corrected chi connectivity index (χ0v) is 13.2. The molecular weight excluding hydrogens is 230 g/mol. The van der Waals surface area contributed by atoms with E-state index in [1.54, 1.807) is 0 Å². The molecule has 2 rings (SSSR count). The van der Waals surface area contributed by atoms with Gasteiger partial charge < -0.3 is 5.32 Å². The summed E-state index contributed by atoms with van der Waals surface area (Å²) in [5, 5.41) is 3.81. The van der Waals surface area contributed by atoms with Crippen LogP contribution in [-0.2, 0) is 0 Å². The Morgan fingerprint density at radius 2 is 1.53 bits per heavy atom. The molecule has 0 spiro atoms. The lowest BCUT2D eigenvalue weighted by Crippen LogP contribution is -2.33. The highest BCUT2D eigenvalue weighted by Crippen LogP contribution is 2.42. The number of unbranched alkanes of at least 4 members (excludes halogenated alkanes) is 6. The third kappa shape index (κ3) is 5.85. The maximum Gasteiger partial charge on any atom is 0.00684 e. The van der Waals surface area contributed by atoms with Gasteiger partial charge in [-0.1, -0.05) is 64.7 Å². The van der Waals surface area contributed by atoms with Crippen LogP contribution in [0, 0.1) is 5.41 Å². The lowest BCUT2D eigenvalue weighted by Gasteiger charge is -2.29. The molecule has 0 aromatic rings. The van der Waals surface area contributed by atoms with Gasteiger partial charge in [0.2, 0.25) is 0 Å². The van der Waals surface area contributed by atoms with Crippen LogP contribution in [0.5, 0.6) is 0 Å². The van der Waals surface area contributed by atoms with E-state index in [2.05, 4.69) is 12.2 Å². The molecule has 112 valence electrons. The molecule has 2 aliphatic rings. The van der Waals surface area contributed by atoms with E-state index in [1.165, 1.54) is 96.4 Å².